The number of amidine groups is 2. The highest BCUT2D eigenvalue weighted by atomic mass is 35.5. The third kappa shape index (κ3) is 3.20. The minimum Gasteiger partial charge on any atom is -0.383 e. The zero-order valence-electron chi connectivity index (χ0n) is 10.5. The Bertz CT molecular complexity index is 618. The van der Waals surface area contributed by atoms with Crippen molar-refractivity contribution in [1.29, 1.82) is 0 Å². The van der Waals surface area contributed by atoms with Gasteiger partial charge in [0, 0.05) is 12.6 Å². The van der Waals surface area contributed by atoms with E-state index in [4.69, 9.17) is 17.3 Å². The fourth-order valence-corrected chi connectivity index (χ4v) is 1.88. The van der Waals surface area contributed by atoms with E-state index < -0.39 is 0 Å². The van der Waals surface area contributed by atoms with Crippen LogP contribution in [0.2, 0.25) is 0 Å². The molecule has 4 heteroatoms. The van der Waals surface area contributed by atoms with Gasteiger partial charge < -0.3 is 5.73 Å². The van der Waals surface area contributed by atoms with Gasteiger partial charge in [-0.15, -0.1) is 0 Å². The molecule has 3 nitrogen and oxygen atoms in total. The molecule has 2 N–H and O–H groups in total. The zero-order valence-corrected chi connectivity index (χ0v) is 11.3. The van der Waals surface area contributed by atoms with Gasteiger partial charge in [0.1, 0.15) is 5.84 Å². The van der Waals surface area contributed by atoms with Crippen LogP contribution in [0.4, 0.5) is 0 Å². The fraction of sp³-hybridized carbons (Fsp3) is 0.0667. The van der Waals surface area contributed by atoms with E-state index in [1.165, 1.54) is 0 Å². The summed E-state index contributed by atoms with van der Waals surface area (Å²) in [7, 11) is 1.57. The molecular formula is C15H14ClN3. The van der Waals surface area contributed by atoms with Crippen molar-refractivity contribution in [3.63, 3.8) is 0 Å². The predicted octanol–water partition coefficient (Wildman–Crippen LogP) is 3.28. The number of nitrogens with two attached hydrogens (primary N) is 1. The third-order valence-corrected chi connectivity index (χ3v) is 2.94. The van der Waals surface area contributed by atoms with E-state index in [0.29, 0.717) is 5.84 Å². The number of halogens is 1. The molecule has 0 radical (unpaired) electrons. The van der Waals surface area contributed by atoms with E-state index in [9.17, 15) is 0 Å². The summed E-state index contributed by atoms with van der Waals surface area (Å²) in [5.41, 5.74) is 8.94. The summed E-state index contributed by atoms with van der Waals surface area (Å²) < 4.78 is 0. The molecule has 0 unspecified atom stereocenters. The van der Waals surface area contributed by atoms with Gasteiger partial charge in [-0.05, 0) is 22.7 Å². The second-order valence-corrected chi connectivity index (χ2v) is 4.24. The largest absolute Gasteiger partial charge is 0.383 e. The normalized spacial score (nSPS) is 12.5. The van der Waals surface area contributed by atoms with Gasteiger partial charge in [0.05, 0.1) is 0 Å². The number of benzene rings is 2. The van der Waals surface area contributed by atoms with Crippen LogP contribution in [0.3, 0.4) is 0 Å². The molecular weight excluding hydrogens is 258 g/mol. The van der Waals surface area contributed by atoms with Crippen LogP contribution in [0.15, 0.2) is 64.6 Å². The van der Waals surface area contributed by atoms with E-state index in [1.54, 1.807) is 7.05 Å². The topological polar surface area (TPSA) is 50.7 Å². The monoisotopic (exact) mass is 271 g/mol. The highest BCUT2D eigenvalue weighted by Gasteiger charge is 2.07. The molecule has 2 rings (SSSR count). The minimum atomic E-state index is 0.139. The van der Waals surface area contributed by atoms with Crippen molar-refractivity contribution in [2.45, 2.75) is 0 Å². The van der Waals surface area contributed by atoms with Crippen molar-refractivity contribution in [2.75, 3.05) is 7.05 Å². The molecule has 2 aromatic rings. The average Bonchev–Trinajstić information content (AvgIpc) is 2.48. The molecule has 19 heavy (non-hydrogen) atoms. The maximum Gasteiger partial charge on any atom is 0.219 e. The summed E-state index contributed by atoms with van der Waals surface area (Å²) in [4.78, 5) is 7.83. The summed E-state index contributed by atoms with van der Waals surface area (Å²) in [5, 5.41) is 0.139. The highest BCUT2D eigenvalue weighted by Crippen LogP contribution is 2.23. The Balaban J connectivity index is 2.51. The lowest BCUT2D eigenvalue weighted by molar-refractivity contribution is 1.42. The van der Waals surface area contributed by atoms with E-state index in [2.05, 4.69) is 9.98 Å². The van der Waals surface area contributed by atoms with Gasteiger partial charge in [-0.1, -0.05) is 54.6 Å². The summed E-state index contributed by atoms with van der Waals surface area (Å²) in [6, 6.07) is 17.8. The van der Waals surface area contributed by atoms with Crippen LogP contribution < -0.4 is 5.73 Å². The SMILES string of the molecule is CN=C(Cl)N=C(N)c1ccccc1-c1ccccc1. The predicted molar refractivity (Wildman–Crippen MR) is 81.8 cm³/mol. The molecule has 0 aliphatic carbocycles. The van der Waals surface area contributed by atoms with Crippen LogP contribution in [0.1, 0.15) is 5.56 Å². The second-order valence-electron chi connectivity index (χ2n) is 3.90. The smallest absolute Gasteiger partial charge is 0.219 e. The molecule has 0 heterocycles. The first-order chi connectivity index (χ1) is 9.22. The lowest BCUT2D eigenvalue weighted by Gasteiger charge is -2.08. The van der Waals surface area contributed by atoms with Gasteiger partial charge in [-0.25, -0.2) is 4.99 Å². The number of aliphatic imine (C=N–C) groups is 2. The number of hydrogen-bond acceptors (Lipinski definition) is 1. The molecule has 0 saturated heterocycles. The minimum absolute atomic E-state index is 0.139. The number of rotatable bonds is 2. The first kappa shape index (κ1) is 13.3. The fourth-order valence-electron chi connectivity index (χ4n) is 1.79. The Morgan fingerprint density at radius 1 is 1.00 bits per heavy atom. The quantitative estimate of drug-likeness (QED) is 0.509. The van der Waals surface area contributed by atoms with E-state index >= 15 is 0 Å². The van der Waals surface area contributed by atoms with Gasteiger partial charge in [-0.2, -0.15) is 0 Å². The maximum absolute atomic E-state index is 5.99. The molecule has 96 valence electrons. The van der Waals surface area contributed by atoms with Crippen molar-refractivity contribution >= 4 is 22.7 Å². The Morgan fingerprint density at radius 2 is 1.63 bits per heavy atom. The second kappa shape index (κ2) is 6.16. The first-order valence-corrected chi connectivity index (χ1v) is 6.21. The van der Waals surface area contributed by atoms with Crippen LogP contribution in [0.5, 0.6) is 0 Å². The molecule has 0 saturated carbocycles. The van der Waals surface area contributed by atoms with E-state index in [-0.39, 0.29) is 5.29 Å². The van der Waals surface area contributed by atoms with Crippen molar-refractivity contribution in [3.8, 4) is 11.1 Å². The standard InChI is InChI=1S/C15H14ClN3/c1-18-15(16)19-14(17)13-10-6-5-9-12(13)11-7-3-2-4-8-11/h2-10H,1H3,(H2,17,18,19). The van der Waals surface area contributed by atoms with Gasteiger partial charge in [0.25, 0.3) is 0 Å². The number of nitrogens with zero attached hydrogens (tertiary/aromatic N) is 2. The molecule has 0 fully saturated rings. The summed E-state index contributed by atoms with van der Waals surface area (Å²) in [6.45, 7) is 0. The van der Waals surface area contributed by atoms with Crippen LogP contribution in [-0.4, -0.2) is 18.2 Å². The Labute approximate surface area is 117 Å². The third-order valence-electron chi connectivity index (χ3n) is 2.69. The summed E-state index contributed by atoms with van der Waals surface area (Å²) in [6.07, 6.45) is 0. The Kier molecular flexibility index (Phi) is 4.31. The molecule has 2 aromatic carbocycles. The first-order valence-electron chi connectivity index (χ1n) is 5.83. The van der Waals surface area contributed by atoms with Crippen LogP contribution in [0, 0.1) is 0 Å². The van der Waals surface area contributed by atoms with Crippen molar-refractivity contribution in [1.82, 2.24) is 0 Å². The molecule has 0 amide bonds. The molecule has 0 spiro atoms. The highest BCUT2D eigenvalue weighted by molar-refractivity contribution is 6.65. The van der Waals surface area contributed by atoms with Crippen molar-refractivity contribution < 1.29 is 0 Å². The molecule has 0 aliphatic heterocycles. The van der Waals surface area contributed by atoms with Crippen LogP contribution in [0.25, 0.3) is 11.1 Å². The summed E-state index contributed by atoms with van der Waals surface area (Å²) in [5.74, 6) is 0.357. The zero-order chi connectivity index (χ0) is 13.7. The van der Waals surface area contributed by atoms with Gasteiger partial charge >= 0.3 is 0 Å². The Hall–Kier alpha value is -2.13. The van der Waals surface area contributed by atoms with Crippen molar-refractivity contribution in [2.24, 2.45) is 15.7 Å². The van der Waals surface area contributed by atoms with Crippen LogP contribution in [-0.2, 0) is 0 Å². The number of hydrogen-bond donors (Lipinski definition) is 1. The van der Waals surface area contributed by atoms with Crippen LogP contribution >= 0.6 is 11.6 Å². The lowest BCUT2D eigenvalue weighted by atomic mass is 9.99. The van der Waals surface area contributed by atoms with E-state index in [0.717, 1.165) is 16.7 Å². The summed E-state index contributed by atoms with van der Waals surface area (Å²) >= 11 is 5.79. The molecule has 0 aromatic heterocycles. The molecule has 0 bridgehead atoms. The molecule has 0 atom stereocenters. The average molecular weight is 272 g/mol. The van der Waals surface area contributed by atoms with Crippen molar-refractivity contribution in [3.05, 3.63) is 60.2 Å². The van der Waals surface area contributed by atoms with Gasteiger partial charge in [-0.3, -0.25) is 4.99 Å². The van der Waals surface area contributed by atoms with E-state index in [1.807, 2.05) is 54.6 Å². The lowest BCUT2D eigenvalue weighted by Crippen LogP contribution is -2.15. The molecule has 0 aliphatic rings. The van der Waals surface area contributed by atoms with Gasteiger partial charge in [0.2, 0.25) is 5.29 Å². The Morgan fingerprint density at radius 3 is 2.32 bits per heavy atom. The van der Waals surface area contributed by atoms with Gasteiger partial charge in [0.15, 0.2) is 0 Å². The maximum atomic E-state index is 5.99.